The summed E-state index contributed by atoms with van der Waals surface area (Å²) in [4.78, 5) is 5.46. The zero-order chi connectivity index (χ0) is 13.3. The van der Waals surface area contributed by atoms with E-state index in [1.807, 2.05) is 0 Å². The van der Waals surface area contributed by atoms with Crippen molar-refractivity contribution in [1.29, 1.82) is 0 Å². The summed E-state index contributed by atoms with van der Waals surface area (Å²) in [6.07, 6.45) is 6.83. The molecule has 0 aromatic carbocycles. The van der Waals surface area contributed by atoms with Crippen molar-refractivity contribution in [3.8, 4) is 0 Å². The minimum atomic E-state index is 0.0582. The first kappa shape index (κ1) is 12.2. The molecule has 4 aliphatic heterocycles. The van der Waals surface area contributed by atoms with Crippen molar-refractivity contribution < 1.29 is 5.21 Å². The highest BCUT2D eigenvalue weighted by Gasteiger charge is 2.65. The van der Waals surface area contributed by atoms with E-state index in [1.165, 1.54) is 32.1 Å². The van der Waals surface area contributed by atoms with Crippen LogP contribution in [0.25, 0.3) is 0 Å². The topological polar surface area (TPSA) is 39.1 Å². The lowest BCUT2D eigenvalue weighted by molar-refractivity contribution is -0.205. The van der Waals surface area contributed by atoms with E-state index in [2.05, 4.69) is 28.8 Å². The standard InChI is InChI=1S/C15H25N3O/c1-13-8-17-10-14(2,12(13)16-19)11-18(9-13)15(17)6-4-3-5-7-15/h19H,3-11H2,1-2H3. The molecule has 0 atom stereocenters. The summed E-state index contributed by atoms with van der Waals surface area (Å²) in [7, 11) is 0. The highest BCUT2D eigenvalue weighted by Crippen LogP contribution is 2.55. The van der Waals surface area contributed by atoms with Gasteiger partial charge < -0.3 is 5.21 Å². The molecule has 1 saturated carbocycles. The fourth-order valence-electron chi connectivity index (χ4n) is 5.71. The van der Waals surface area contributed by atoms with Gasteiger partial charge in [0.05, 0.1) is 11.4 Å². The summed E-state index contributed by atoms with van der Waals surface area (Å²) in [6, 6.07) is 0. The Morgan fingerprint density at radius 3 is 1.79 bits per heavy atom. The van der Waals surface area contributed by atoms with Crippen molar-refractivity contribution in [1.82, 2.24) is 9.80 Å². The zero-order valence-electron chi connectivity index (χ0n) is 12.2. The molecule has 4 heteroatoms. The van der Waals surface area contributed by atoms with Crippen molar-refractivity contribution in [2.75, 3.05) is 26.2 Å². The number of oxime groups is 1. The number of hydrogen-bond acceptors (Lipinski definition) is 4. The van der Waals surface area contributed by atoms with E-state index in [1.54, 1.807) is 0 Å². The van der Waals surface area contributed by atoms with Gasteiger partial charge >= 0.3 is 0 Å². The molecule has 5 rings (SSSR count). The van der Waals surface area contributed by atoms with Gasteiger partial charge in [0.2, 0.25) is 0 Å². The molecule has 1 spiro atoms. The van der Waals surface area contributed by atoms with Crippen LogP contribution >= 0.6 is 0 Å². The first-order valence-electron chi connectivity index (χ1n) is 7.76. The summed E-state index contributed by atoms with van der Waals surface area (Å²) >= 11 is 0. The lowest BCUT2D eigenvalue weighted by Crippen LogP contribution is -2.83. The Balaban J connectivity index is 1.77. The third-order valence-corrected chi connectivity index (χ3v) is 6.23. The van der Waals surface area contributed by atoms with E-state index in [9.17, 15) is 5.21 Å². The third-order valence-electron chi connectivity index (χ3n) is 6.23. The Morgan fingerprint density at radius 2 is 1.37 bits per heavy atom. The van der Waals surface area contributed by atoms with Crippen LogP contribution in [0.15, 0.2) is 5.16 Å². The lowest BCUT2D eigenvalue weighted by atomic mass is 9.59. The average Bonchev–Trinajstić information content (AvgIpc) is 2.35. The Morgan fingerprint density at radius 1 is 0.895 bits per heavy atom. The third kappa shape index (κ3) is 1.34. The Labute approximate surface area is 115 Å². The number of nitrogens with zero attached hydrogens (tertiary/aromatic N) is 3. The Kier molecular flexibility index (Phi) is 2.26. The fourth-order valence-corrected chi connectivity index (χ4v) is 5.71. The first-order valence-corrected chi connectivity index (χ1v) is 7.76. The highest BCUT2D eigenvalue weighted by molar-refractivity contribution is 5.97. The summed E-state index contributed by atoms with van der Waals surface area (Å²) in [5.74, 6) is 0. The fraction of sp³-hybridized carbons (Fsp3) is 0.933. The molecule has 0 aromatic heterocycles. The van der Waals surface area contributed by atoms with Gasteiger partial charge in [-0.2, -0.15) is 0 Å². The Hall–Kier alpha value is -0.610. The van der Waals surface area contributed by atoms with Gasteiger partial charge in [-0.05, 0) is 12.8 Å². The summed E-state index contributed by atoms with van der Waals surface area (Å²) in [5, 5.41) is 13.2. The molecule has 4 saturated heterocycles. The molecule has 4 nitrogen and oxygen atoms in total. The van der Waals surface area contributed by atoms with E-state index >= 15 is 0 Å². The molecule has 5 fully saturated rings. The molecule has 0 unspecified atom stereocenters. The van der Waals surface area contributed by atoms with Crippen molar-refractivity contribution in [2.24, 2.45) is 16.0 Å². The summed E-state index contributed by atoms with van der Waals surface area (Å²) in [6.45, 7) is 8.90. The van der Waals surface area contributed by atoms with Crippen LogP contribution in [-0.2, 0) is 0 Å². The molecule has 0 amide bonds. The maximum atomic E-state index is 9.48. The van der Waals surface area contributed by atoms with Gasteiger partial charge in [0, 0.05) is 37.0 Å². The van der Waals surface area contributed by atoms with Crippen LogP contribution in [0.4, 0.5) is 0 Å². The monoisotopic (exact) mass is 263 g/mol. The van der Waals surface area contributed by atoms with Gasteiger partial charge in [-0.3, -0.25) is 9.80 Å². The van der Waals surface area contributed by atoms with Gasteiger partial charge in [0.1, 0.15) is 0 Å². The van der Waals surface area contributed by atoms with E-state index in [-0.39, 0.29) is 10.8 Å². The summed E-state index contributed by atoms with van der Waals surface area (Å²) in [5.41, 5.74) is 1.52. The first-order chi connectivity index (χ1) is 9.02. The van der Waals surface area contributed by atoms with E-state index in [4.69, 9.17) is 0 Å². The maximum Gasteiger partial charge on any atom is 0.0739 e. The largest absolute Gasteiger partial charge is 0.411 e. The van der Waals surface area contributed by atoms with Gasteiger partial charge in [0.15, 0.2) is 0 Å². The van der Waals surface area contributed by atoms with Crippen LogP contribution in [0.2, 0.25) is 0 Å². The van der Waals surface area contributed by atoms with Crippen LogP contribution in [0.3, 0.4) is 0 Å². The molecule has 4 bridgehead atoms. The van der Waals surface area contributed by atoms with E-state index in [0.717, 1.165) is 31.9 Å². The van der Waals surface area contributed by atoms with Crippen molar-refractivity contribution in [3.63, 3.8) is 0 Å². The van der Waals surface area contributed by atoms with Crippen LogP contribution in [0, 0.1) is 10.8 Å². The molecule has 106 valence electrons. The molecule has 0 radical (unpaired) electrons. The smallest absolute Gasteiger partial charge is 0.0739 e. The molecular weight excluding hydrogens is 238 g/mol. The molecule has 5 aliphatic rings. The predicted molar refractivity (Wildman–Crippen MR) is 74.4 cm³/mol. The van der Waals surface area contributed by atoms with Crippen LogP contribution in [0.5, 0.6) is 0 Å². The van der Waals surface area contributed by atoms with Gasteiger partial charge in [-0.1, -0.05) is 38.3 Å². The zero-order valence-corrected chi connectivity index (χ0v) is 12.2. The van der Waals surface area contributed by atoms with Crippen LogP contribution in [0.1, 0.15) is 46.0 Å². The lowest BCUT2D eigenvalue weighted by Gasteiger charge is -2.71. The average molecular weight is 263 g/mol. The molecule has 19 heavy (non-hydrogen) atoms. The van der Waals surface area contributed by atoms with Crippen molar-refractivity contribution >= 4 is 5.71 Å². The molecular formula is C15H25N3O. The SMILES string of the molecule is CC12CN3CC(C)(CN(C1)C31CCCCC1)C2=NO. The second-order valence-corrected chi connectivity index (χ2v) is 7.83. The number of rotatable bonds is 0. The molecule has 4 heterocycles. The predicted octanol–water partition coefficient (Wildman–Crippen LogP) is 2.13. The maximum absolute atomic E-state index is 9.48. The minimum absolute atomic E-state index is 0.0582. The minimum Gasteiger partial charge on any atom is -0.411 e. The van der Waals surface area contributed by atoms with Gasteiger partial charge in [0.25, 0.3) is 0 Å². The van der Waals surface area contributed by atoms with E-state index < -0.39 is 0 Å². The number of hydrogen-bond donors (Lipinski definition) is 1. The second kappa shape index (κ2) is 3.53. The molecule has 1 N–H and O–H groups in total. The second-order valence-electron chi connectivity index (χ2n) is 7.83. The summed E-state index contributed by atoms with van der Waals surface area (Å²) < 4.78 is 0. The quantitative estimate of drug-likeness (QED) is 0.537. The Bertz CT molecular complexity index is 397. The van der Waals surface area contributed by atoms with Crippen LogP contribution in [-0.4, -0.2) is 52.6 Å². The van der Waals surface area contributed by atoms with Crippen molar-refractivity contribution in [2.45, 2.75) is 51.6 Å². The molecule has 0 aromatic rings. The number of piperidine rings is 2. The normalized spacial score (nSPS) is 50.7. The highest BCUT2D eigenvalue weighted by atomic mass is 16.4. The van der Waals surface area contributed by atoms with Crippen LogP contribution < -0.4 is 0 Å². The molecule has 1 aliphatic carbocycles. The van der Waals surface area contributed by atoms with E-state index in [0.29, 0.717) is 5.66 Å². The van der Waals surface area contributed by atoms with Crippen molar-refractivity contribution in [3.05, 3.63) is 0 Å². The van der Waals surface area contributed by atoms with Gasteiger partial charge in [-0.15, -0.1) is 0 Å². The van der Waals surface area contributed by atoms with Gasteiger partial charge in [-0.25, -0.2) is 0 Å².